The summed E-state index contributed by atoms with van der Waals surface area (Å²) < 4.78 is 13.4. The van der Waals surface area contributed by atoms with Crippen molar-refractivity contribution in [3.63, 3.8) is 0 Å². The lowest BCUT2D eigenvalue weighted by Crippen LogP contribution is -2.35. The summed E-state index contributed by atoms with van der Waals surface area (Å²) >= 11 is 5.80. The Morgan fingerprint density at radius 3 is 2.88 bits per heavy atom. The summed E-state index contributed by atoms with van der Waals surface area (Å²) in [4.78, 5) is 1.91. The van der Waals surface area contributed by atoms with Crippen LogP contribution in [0.4, 0.5) is 4.39 Å². The van der Waals surface area contributed by atoms with Gasteiger partial charge in [0.1, 0.15) is 5.82 Å². The normalized spacial score (nSPS) is 13.1. The van der Waals surface area contributed by atoms with E-state index in [0.717, 1.165) is 0 Å². The molecule has 0 bridgehead atoms. The molecule has 1 atom stereocenters. The Labute approximate surface area is 106 Å². The molecule has 0 saturated carbocycles. The van der Waals surface area contributed by atoms with Gasteiger partial charge in [-0.2, -0.15) is 0 Å². The first kappa shape index (κ1) is 14.4. The van der Waals surface area contributed by atoms with Crippen molar-refractivity contribution in [2.24, 2.45) is 5.73 Å². The van der Waals surface area contributed by atoms with Crippen LogP contribution in [0.2, 0.25) is 5.02 Å². The molecular weight excluding hydrogens is 243 g/mol. The molecule has 0 spiro atoms. The van der Waals surface area contributed by atoms with Gasteiger partial charge in [-0.05, 0) is 37.2 Å². The Morgan fingerprint density at radius 2 is 2.24 bits per heavy atom. The summed E-state index contributed by atoms with van der Waals surface area (Å²) in [6.07, 6.45) is 0.0180. The minimum Gasteiger partial charge on any atom is -0.390 e. The van der Waals surface area contributed by atoms with Gasteiger partial charge in [0, 0.05) is 24.7 Å². The third-order valence-electron chi connectivity index (χ3n) is 2.57. The smallest absolute Gasteiger partial charge is 0.126 e. The van der Waals surface area contributed by atoms with Gasteiger partial charge in [0.25, 0.3) is 0 Å². The number of rotatable bonds is 6. The standard InChI is InChI=1S/C12H18ClFN2O/c1-16(8-11(17)7-15)5-4-9-6-10(13)2-3-12(9)14/h2-3,6,11,17H,4-5,7-8,15H2,1H3. The molecule has 1 unspecified atom stereocenters. The lowest BCUT2D eigenvalue weighted by Gasteiger charge is -2.19. The van der Waals surface area contributed by atoms with Crippen LogP contribution in [-0.4, -0.2) is 42.8 Å². The van der Waals surface area contributed by atoms with Gasteiger partial charge < -0.3 is 15.7 Å². The fraction of sp³-hybridized carbons (Fsp3) is 0.500. The second kappa shape index (κ2) is 6.91. The highest BCUT2D eigenvalue weighted by atomic mass is 35.5. The topological polar surface area (TPSA) is 49.5 Å². The fourth-order valence-electron chi connectivity index (χ4n) is 1.57. The van der Waals surface area contributed by atoms with E-state index in [4.69, 9.17) is 17.3 Å². The summed E-state index contributed by atoms with van der Waals surface area (Å²) in [5.41, 5.74) is 5.91. The van der Waals surface area contributed by atoms with Crippen LogP contribution in [0.3, 0.4) is 0 Å². The van der Waals surface area contributed by atoms with Crippen molar-refractivity contribution in [1.82, 2.24) is 4.90 Å². The van der Waals surface area contributed by atoms with Crippen molar-refractivity contribution in [3.05, 3.63) is 34.6 Å². The van der Waals surface area contributed by atoms with Crippen molar-refractivity contribution in [2.75, 3.05) is 26.7 Å². The second-order valence-electron chi connectivity index (χ2n) is 4.14. The van der Waals surface area contributed by atoms with Crippen LogP contribution in [0.25, 0.3) is 0 Å². The van der Waals surface area contributed by atoms with E-state index in [1.165, 1.54) is 12.1 Å². The monoisotopic (exact) mass is 260 g/mol. The van der Waals surface area contributed by atoms with E-state index in [9.17, 15) is 9.50 Å². The highest BCUT2D eigenvalue weighted by molar-refractivity contribution is 6.30. The lowest BCUT2D eigenvalue weighted by atomic mass is 10.1. The molecule has 0 heterocycles. The highest BCUT2D eigenvalue weighted by Gasteiger charge is 2.08. The highest BCUT2D eigenvalue weighted by Crippen LogP contribution is 2.15. The van der Waals surface area contributed by atoms with Crippen molar-refractivity contribution in [1.29, 1.82) is 0 Å². The Bertz CT molecular complexity index is 362. The minimum atomic E-state index is -0.538. The predicted molar refractivity (Wildman–Crippen MR) is 67.7 cm³/mol. The fourth-order valence-corrected chi connectivity index (χ4v) is 1.77. The molecule has 0 fully saturated rings. The molecule has 3 N–H and O–H groups in total. The molecule has 1 rings (SSSR count). The molecule has 3 nitrogen and oxygen atoms in total. The third kappa shape index (κ3) is 5.00. The first-order valence-electron chi connectivity index (χ1n) is 5.53. The quantitative estimate of drug-likeness (QED) is 0.810. The van der Waals surface area contributed by atoms with Crippen molar-refractivity contribution >= 4 is 11.6 Å². The van der Waals surface area contributed by atoms with Crippen LogP contribution < -0.4 is 5.73 Å². The SMILES string of the molecule is CN(CCc1cc(Cl)ccc1F)CC(O)CN. The molecule has 0 aliphatic heterocycles. The van der Waals surface area contributed by atoms with Crippen LogP contribution in [-0.2, 0) is 6.42 Å². The van der Waals surface area contributed by atoms with Crippen molar-refractivity contribution in [2.45, 2.75) is 12.5 Å². The van der Waals surface area contributed by atoms with Crippen molar-refractivity contribution < 1.29 is 9.50 Å². The largest absolute Gasteiger partial charge is 0.390 e. The third-order valence-corrected chi connectivity index (χ3v) is 2.80. The summed E-state index contributed by atoms with van der Waals surface area (Å²) in [6.45, 7) is 1.36. The Balaban J connectivity index is 2.47. The summed E-state index contributed by atoms with van der Waals surface area (Å²) in [7, 11) is 1.86. The molecule has 0 aromatic heterocycles. The van der Waals surface area contributed by atoms with E-state index in [-0.39, 0.29) is 12.4 Å². The first-order chi connectivity index (χ1) is 8.02. The molecule has 17 heavy (non-hydrogen) atoms. The Morgan fingerprint density at radius 1 is 1.53 bits per heavy atom. The molecule has 0 amide bonds. The molecule has 0 saturated heterocycles. The predicted octanol–water partition coefficient (Wildman–Crippen LogP) is 1.27. The first-order valence-corrected chi connectivity index (χ1v) is 5.91. The number of likely N-dealkylation sites (N-methyl/N-ethyl adjacent to an activating group) is 1. The van der Waals surface area contributed by atoms with Crippen LogP contribution in [0.1, 0.15) is 5.56 Å². The number of benzene rings is 1. The average Bonchev–Trinajstić information content (AvgIpc) is 2.30. The molecule has 0 aliphatic rings. The zero-order valence-corrected chi connectivity index (χ0v) is 10.6. The van der Waals surface area contributed by atoms with Gasteiger partial charge in [-0.15, -0.1) is 0 Å². The number of aliphatic hydroxyl groups excluding tert-OH is 1. The number of halogens is 2. The maximum Gasteiger partial charge on any atom is 0.126 e. The molecule has 1 aromatic carbocycles. The number of nitrogens with zero attached hydrogens (tertiary/aromatic N) is 1. The summed E-state index contributed by atoms with van der Waals surface area (Å²) in [5.74, 6) is -0.248. The average molecular weight is 261 g/mol. The van der Waals surface area contributed by atoms with Gasteiger partial charge in [0.05, 0.1) is 6.10 Å². The summed E-state index contributed by atoms with van der Waals surface area (Å²) in [5, 5.41) is 9.90. The van der Waals surface area contributed by atoms with Gasteiger partial charge in [0.15, 0.2) is 0 Å². The van der Waals surface area contributed by atoms with Gasteiger partial charge >= 0.3 is 0 Å². The van der Waals surface area contributed by atoms with E-state index < -0.39 is 6.10 Å². The van der Waals surface area contributed by atoms with Gasteiger partial charge in [-0.25, -0.2) is 4.39 Å². The Kier molecular flexibility index (Phi) is 5.85. The second-order valence-corrected chi connectivity index (χ2v) is 4.57. The maximum atomic E-state index is 13.4. The zero-order valence-electron chi connectivity index (χ0n) is 9.87. The maximum absolute atomic E-state index is 13.4. The Hall–Kier alpha value is -0.680. The molecule has 96 valence electrons. The molecular formula is C12H18ClFN2O. The van der Waals surface area contributed by atoms with Crippen LogP contribution in [0.15, 0.2) is 18.2 Å². The number of hydrogen-bond donors (Lipinski definition) is 2. The number of aliphatic hydroxyl groups is 1. The lowest BCUT2D eigenvalue weighted by molar-refractivity contribution is 0.133. The van der Waals surface area contributed by atoms with Crippen LogP contribution >= 0.6 is 11.6 Å². The minimum absolute atomic E-state index is 0.232. The van der Waals surface area contributed by atoms with E-state index in [1.807, 2.05) is 11.9 Å². The van der Waals surface area contributed by atoms with Crippen LogP contribution in [0.5, 0.6) is 0 Å². The van der Waals surface area contributed by atoms with E-state index in [2.05, 4.69) is 0 Å². The molecule has 1 aromatic rings. The van der Waals surface area contributed by atoms with Gasteiger partial charge in [0.2, 0.25) is 0 Å². The number of nitrogens with two attached hydrogens (primary N) is 1. The van der Waals surface area contributed by atoms with E-state index in [1.54, 1.807) is 6.07 Å². The molecule has 0 aliphatic carbocycles. The summed E-state index contributed by atoms with van der Waals surface area (Å²) in [6, 6.07) is 4.53. The van der Waals surface area contributed by atoms with E-state index in [0.29, 0.717) is 30.1 Å². The number of hydrogen-bond acceptors (Lipinski definition) is 3. The van der Waals surface area contributed by atoms with Gasteiger partial charge in [-0.3, -0.25) is 0 Å². The van der Waals surface area contributed by atoms with Crippen LogP contribution in [0, 0.1) is 5.82 Å². The molecule has 5 heteroatoms. The van der Waals surface area contributed by atoms with Crippen molar-refractivity contribution in [3.8, 4) is 0 Å². The molecule has 0 radical (unpaired) electrons. The van der Waals surface area contributed by atoms with Gasteiger partial charge in [-0.1, -0.05) is 11.6 Å². The van der Waals surface area contributed by atoms with E-state index >= 15 is 0 Å². The zero-order chi connectivity index (χ0) is 12.8.